The Morgan fingerprint density at radius 1 is 0.484 bits per heavy atom. The molecule has 0 saturated carbocycles. The van der Waals surface area contributed by atoms with Crippen molar-refractivity contribution < 1.29 is 14.2 Å². The highest BCUT2D eigenvalue weighted by molar-refractivity contribution is 6.97. The van der Waals surface area contributed by atoms with Gasteiger partial charge in [-0.05, 0) is 52.8 Å². The third kappa shape index (κ3) is 4.95. The highest BCUT2D eigenvalue weighted by atomic mass is 35.5. The van der Waals surface area contributed by atoms with E-state index in [1.807, 2.05) is 0 Å². The maximum Gasteiger partial charge on any atom is 0.256 e. The fourth-order valence-corrected chi connectivity index (χ4v) is 5.29. The average molecular weight is 539 g/mol. The molecule has 3 aromatic rings. The van der Waals surface area contributed by atoms with E-state index in [1.54, 1.807) is 36.4 Å². The van der Waals surface area contributed by atoms with Gasteiger partial charge in [-0.2, -0.15) is 0 Å². The molecule has 0 saturated heterocycles. The van der Waals surface area contributed by atoms with Crippen molar-refractivity contribution in [3.63, 3.8) is 0 Å². The van der Waals surface area contributed by atoms with Crippen LogP contribution in [0.25, 0.3) is 0 Å². The van der Waals surface area contributed by atoms with E-state index in [4.69, 9.17) is 83.8 Å². The summed E-state index contributed by atoms with van der Waals surface area (Å²) in [6, 6.07) is 9.98. The summed E-state index contributed by atoms with van der Waals surface area (Å²) in [5, 5.41) is 2.21. The quantitative estimate of drug-likeness (QED) is 0.352. The summed E-state index contributed by atoms with van der Waals surface area (Å²) in [6.07, 6.45) is 0. The Balaban J connectivity index is 2.50. The van der Waals surface area contributed by atoms with Crippen molar-refractivity contribution in [1.82, 2.24) is 0 Å². The third-order valence-electron chi connectivity index (χ3n) is 4.66. The molecule has 0 unspecified atom stereocenters. The largest absolute Gasteiger partial charge is 0.496 e. The molecule has 0 aromatic heterocycles. The molecule has 0 N–H and O–H groups in total. The summed E-state index contributed by atoms with van der Waals surface area (Å²) in [6.45, 7) is -0.608. The lowest BCUT2D eigenvalue weighted by atomic mass is 9.36. The molecule has 162 valence electrons. The van der Waals surface area contributed by atoms with Gasteiger partial charge in [0.05, 0.1) is 36.4 Å². The van der Waals surface area contributed by atoms with Crippen molar-refractivity contribution in [3.05, 3.63) is 66.5 Å². The molecular formula is C21H15BCl6O3. The van der Waals surface area contributed by atoms with E-state index in [9.17, 15) is 0 Å². The number of halogens is 6. The molecule has 0 bridgehead atoms. The van der Waals surface area contributed by atoms with Crippen LogP contribution >= 0.6 is 69.6 Å². The molecule has 3 rings (SSSR count). The maximum absolute atomic E-state index is 6.45. The van der Waals surface area contributed by atoms with E-state index in [-0.39, 0.29) is 0 Å². The second-order valence-electron chi connectivity index (χ2n) is 6.46. The van der Waals surface area contributed by atoms with Gasteiger partial charge in [-0.15, -0.1) is 0 Å². The van der Waals surface area contributed by atoms with Crippen LogP contribution in [0.1, 0.15) is 0 Å². The molecule has 0 atom stereocenters. The first-order chi connectivity index (χ1) is 14.7. The zero-order chi connectivity index (χ0) is 22.9. The number of ether oxygens (including phenoxy) is 3. The molecule has 0 radical (unpaired) electrons. The molecule has 3 aromatic carbocycles. The van der Waals surface area contributed by atoms with Crippen molar-refractivity contribution in [3.8, 4) is 17.2 Å². The average Bonchev–Trinajstić information content (AvgIpc) is 2.67. The Hall–Kier alpha value is -1.14. The minimum absolute atomic E-state index is 0.328. The minimum Gasteiger partial charge on any atom is -0.496 e. The number of benzene rings is 3. The molecule has 0 heterocycles. The summed E-state index contributed by atoms with van der Waals surface area (Å²) in [7, 11) is 4.54. The monoisotopic (exact) mass is 536 g/mol. The molecule has 0 amide bonds. The second kappa shape index (κ2) is 10.2. The van der Waals surface area contributed by atoms with Crippen LogP contribution in [0.2, 0.25) is 30.1 Å². The predicted octanol–water partition coefficient (Wildman–Crippen LogP) is 6.15. The van der Waals surface area contributed by atoms with E-state index in [0.29, 0.717) is 63.8 Å². The van der Waals surface area contributed by atoms with E-state index < -0.39 is 6.71 Å². The summed E-state index contributed by atoms with van der Waals surface area (Å²) in [4.78, 5) is 0. The summed E-state index contributed by atoms with van der Waals surface area (Å²) >= 11 is 38.4. The van der Waals surface area contributed by atoms with Crippen LogP contribution in [0.3, 0.4) is 0 Å². The minimum atomic E-state index is -0.608. The maximum atomic E-state index is 6.45. The van der Waals surface area contributed by atoms with Crippen LogP contribution in [0.4, 0.5) is 0 Å². The molecule has 3 nitrogen and oxygen atoms in total. The first-order valence-corrected chi connectivity index (χ1v) is 11.1. The van der Waals surface area contributed by atoms with Gasteiger partial charge < -0.3 is 14.2 Å². The van der Waals surface area contributed by atoms with Crippen LogP contribution in [0.15, 0.2) is 36.4 Å². The Morgan fingerprint density at radius 3 is 0.968 bits per heavy atom. The van der Waals surface area contributed by atoms with Crippen LogP contribution in [-0.4, -0.2) is 28.0 Å². The molecule has 0 spiro atoms. The summed E-state index contributed by atoms with van der Waals surface area (Å²) < 4.78 is 16.9. The van der Waals surface area contributed by atoms with Gasteiger partial charge in [0.15, 0.2) is 0 Å². The van der Waals surface area contributed by atoms with Gasteiger partial charge in [0.1, 0.15) is 17.2 Å². The molecule has 0 aliphatic rings. The van der Waals surface area contributed by atoms with Crippen LogP contribution in [0, 0.1) is 0 Å². The van der Waals surface area contributed by atoms with Crippen molar-refractivity contribution in [1.29, 1.82) is 0 Å². The lowest BCUT2D eigenvalue weighted by Gasteiger charge is -2.24. The standard InChI is InChI=1S/C21H15BCl6O3/c1-29-19-13(4-10(23)7-16(19)26)22(14-5-11(24)8-17(27)20(14)30-2)15-6-12(25)9-18(28)21(15)31-3/h4-9H,1-3H3. The Labute approximate surface area is 211 Å². The summed E-state index contributed by atoms with van der Waals surface area (Å²) in [5.41, 5.74) is 1.86. The van der Waals surface area contributed by atoms with E-state index in [0.717, 1.165) is 0 Å². The van der Waals surface area contributed by atoms with Crippen molar-refractivity contribution in [2.75, 3.05) is 21.3 Å². The van der Waals surface area contributed by atoms with Gasteiger partial charge in [-0.3, -0.25) is 0 Å². The molecular weight excluding hydrogens is 524 g/mol. The SMILES string of the molecule is COc1c(Cl)cc(Cl)cc1B(c1cc(Cl)cc(Cl)c1OC)c1cc(Cl)cc(Cl)c1OC. The fourth-order valence-electron chi connectivity index (χ4n) is 3.53. The highest BCUT2D eigenvalue weighted by Gasteiger charge is 2.34. The van der Waals surface area contributed by atoms with Crippen LogP contribution in [0.5, 0.6) is 17.2 Å². The first kappa shape index (κ1) is 24.5. The highest BCUT2D eigenvalue weighted by Crippen LogP contribution is 2.32. The third-order valence-corrected chi connectivity index (χ3v) is 6.15. The summed E-state index contributed by atoms with van der Waals surface area (Å²) in [5.74, 6) is 1.23. The molecule has 31 heavy (non-hydrogen) atoms. The smallest absolute Gasteiger partial charge is 0.256 e. The Morgan fingerprint density at radius 2 is 0.742 bits per heavy atom. The van der Waals surface area contributed by atoms with Gasteiger partial charge in [0.25, 0.3) is 6.71 Å². The Bertz CT molecular complexity index is 997. The van der Waals surface area contributed by atoms with E-state index in [1.165, 1.54) is 21.3 Å². The van der Waals surface area contributed by atoms with Gasteiger partial charge in [0, 0.05) is 15.1 Å². The van der Waals surface area contributed by atoms with Crippen LogP contribution < -0.4 is 30.6 Å². The van der Waals surface area contributed by atoms with Gasteiger partial charge in [-0.25, -0.2) is 0 Å². The van der Waals surface area contributed by atoms with Gasteiger partial charge in [0.2, 0.25) is 0 Å². The molecule has 0 fully saturated rings. The van der Waals surface area contributed by atoms with Gasteiger partial charge in [-0.1, -0.05) is 69.6 Å². The zero-order valence-electron chi connectivity index (χ0n) is 16.5. The predicted molar refractivity (Wildman–Crippen MR) is 134 cm³/mol. The number of methoxy groups -OCH3 is 3. The normalized spacial score (nSPS) is 10.7. The van der Waals surface area contributed by atoms with Crippen LogP contribution in [-0.2, 0) is 0 Å². The van der Waals surface area contributed by atoms with Crippen molar-refractivity contribution >= 4 is 92.7 Å². The van der Waals surface area contributed by atoms with E-state index >= 15 is 0 Å². The first-order valence-electron chi connectivity index (χ1n) is 8.80. The number of hydrogen-bond acceptors (Lipinski definition) is 3. The fraction of sp³-hybridized carbons (Fsp3) is 0.143. The zero-order valence-corrected chi connectivity index (χ0v) is 21.1. The lowest BCUT2D eigenvalue weighted by Crippen LogP contribution is -2.53. The molecule has 0 aliphatic carbocycles. The van der Waals surface area contributed by atoms with Crippen molar-refractivity contribution in [2.45, 2.75) is 0 Å². The molecule has 0 aliphatic heterocycles. The van der Waals surface area contributed by atoms with Gasteiger partial charge >= 0.3 is 0 Å². The molecule has 10 heteroatoms. The number of hydrogen-bond donors (Lipinski definition) is 0. The Kier molecular flexibility index (Phi) is 8.07. The lowest BCUT2D eigenvalue weighted by molar-refractivity contribution is 0.416. The number of rotatable bonds is 6. The topological polar surface area (TPSA) is 27.7 Å². The second-order valence-corrected chi connectivity index (χ2v) is 8.99. The van der Waals surface area contributed by atoms with Crippen molar-refractivity contribution in [2.24, 2.45) is 0 Å². The van der Waals surface area contributed by atoms with E-state index in [2.05, 4.69) is 0 Å².